The number of rotatable bonds is 7. The Kier molecular flexibility index (Phi) is 6.40. The predicted octanol–water partition coefficient (Wildman–Crippen LogP) is 2.93. The quantitative estimate of drug-likeness (QED) is 0.602. The molecule has 2 aromatic carbocycles. The van der Waals surface area contributed by atoms with E-state index in [4.69, 9.17) is 0 Å². The third-order valence-corrected chi connectivity index (χ3v) is 6.02. The second-order valence-electron chi connectivity index (χ2n) is 7.02. The number of para-hydroxylation sites is 1. The molecule has 31 heavy (non-hydrogen) atoms. The minimum absolute atomic E-state index is 0.131. The summed E-state index contributed by atoms with van der Waals surface area (Å²) in [5.41, 5.74) is 1.48. The van der Waals surface area contributed by atoms with Gasteiger partial charge in [0.2, 0.25) is 15.9 Å². The highest BCUT2D eigenvalue weighted by Crippen LogP contribution is 2.23. The molecule has 1 heterocycles. The Morgan fingerprint density at radius 2 is 1.90 bits per heavy atom. The van der Waals surface area contributed by atoms with Crippen molar-refractivity contribution in [3.8, 4) is 5.69 Å². The lowest BCUT2D eigenvalue weighted by atomic mass is 10.1. The van der Waals surface area contributed by atoms with E-state index in [1.165, 1.54) is 6.92 Å². The molecule has 3 aromatic rings. The van der Waals surface area contributed by atoms with Crippen LogP contribution in [0.4, 0.5) is 14.5 Å². The lowest BCUT2D eigenvalue weighted by molar-refractivity contribution is -0.122. The van der Waals surface area contributed by atoms with Crippen LogP contribution in [0.5, 0.6) is 0 Å². The Balaban J connectivity index is 1.83. The zero-order valence-corrected chi connectivity index (χ0v) is 18.0. The van der Waals surface area contributed by atoms with E-state index in [0.29, 0.717) is 0 Å². The molecule has 0 bridgehead atoms. The standard InChI is InChI=1S/C21H22F2N4O3S/c1-14(27(31(3,29)30)17-8-9-18(22)19(23)12-17)21(28)25-13-16-6-4-5-7-20(16)26-11-10-24-15(26)2/h4-12,14H,13H2,1-3H3,(H,25,28)/t14-/m1/s1. The van der Waals surface area contributed by atoms with E-state index in [9.17, 15) is 22.0 Å². The van der Waals surface area contributed by atoms with Crippen molar-refractivity contribution in [3.63, 3.8) is 0 Å². The van der Waals surface area contributed by atoms with Gasteiger partial charge in [-0.05, 0) is 37.6 Å². The third kappa shape index (κ3) is 4.91. The fourth-order valence-corrected chi connectivity index (χ4v) is 4.46. The molecular weight excluding hydrogens is 426 g/mol. The summed E-state index contributed by atoms with van der Waals surface area (Å²) in [4.78, 5) is 17.0. The number of nitrogens with one attached hydrogen (secondary N) is 1. The molecule has 0 aliphatic rings. The lowest BCUT2D eigenvalue weighted by Crippen LogP contribution is -2.47. The number of carbonyl (C=O) groups is 1. The number of hydrogen-bond donors (Lipinski definition) is 1. The molecule has 0 spiro atoms. The van der Waals surface area contributed by atoms with Crippen LogP contribution in [0.3, 0.4) is 0 Å². The van der Waals surface area contributed by atoms with E-state index in [1.807, 2.05) is 35.8 Å². The second-order valence-corrected chi connectivity index (χ2v) is 8.88. The normalized spacial score (nSPS) is 12.4. The number of carbonyl (C=O) groups excluding carboxylic acids is 1. The van der Waals surface area contributed by atoms with Crippen LogP contribution in [0.1, 0.15) is 18.3 Å². The van der Waals surface area contributed by atoms with Gasteiger partial charge in [0, 0.05) is 25.0 Å². The number of halogens is 2. The maximum absolute atomic E-state index is 13.7. The van der Waals surface area contributed by atoms with Crippen LogP contribution in [-0.4, -0.2) is 36.2 Å². The lowest BCUT2D eigenvalue weighted by Gasteiger charge is -2.28. The highest BCUT2D eigenvalue weighted by atomic mass is 32.2. The van der Waals surface area contributed by atoms with Crippen LogP contribution in [-0.2, 0) is 21.4 Å². The molecule has 1 N–H and O–H groups in total. The summed E-state index contributed by atoms with van der Waals surface area (Å²) in [5, 5.41) is 2.72. The van der Waals surface area contributed by atoms with Gasteiger partial charge in [-0.2, -0.15) is 0 Å². The number of benzene rings is 2. The molecule has 7 nitrogen and oxygen atoms in total. The van der Waals surface area contributed by atoms with Gasteiger partial charge in [0.25, 0.3) is 0 Å². The van der Waals surface area contributed by atoms with Crippen molar-refractivity contribution in [2.24, 2.45) is 0 Å². The first-order valence-corrected chi connectivity index (χ1v) is 11.2. The third-order valence-electron chi connectivity index (χ3n) is 4.78. The smallest absolute Gasteiger partial charge is 0.243 e. The summed E-state index contributed by atoms with van der Waals surface area (Å²) in [5.74, 6) is -2.13. The number of hydrogen-bond acceptors (Lipinski definition) is 4. The fourth-order valence-electron chi connectivity index (χ4n) is 3.29. The van der Waals surface area contributed by atoms with Crippen LogP contribution in [0.2, 0.25) is 0 Å². The van der Waals surface area contributed by atoms with Crippen molar-refractivity contribution in [2.75, 3.05) is 10.6 Å². The molecule has 10 heteroatoms. The SMILES string of the molecule is Cc1nccn1-c1ccccc1CNC(=O)[C@@H](C)N(c1ccc(F)c(F)c1)S(C)(=O)=O. The molecule has 0 saturated carbocycles. The molecule has 1 aromatic heterocycles. The highest BCUT2D eigenvalue weighted by molar-refractivity contribution is 7.92. The summed E-state index contributed by atoms with van der Waals surface area (Å²) < 4.78 is 54.2. The molecule has 0 aliphatic carbocycles. The predicted molar refractivity (Wildman–Crippen MR) is 113 cm³/mol. The Hall–Kier alpha value is -3.27. The van der Waals surface area contributed by atoms with E-state index in [1.54, 1.807) is 12.4 Å². The minimum atomic E-state index is -3.95. The van der Waals surface area contributed by atoms with Crippen molar-refractivity contribution in [1.29, 1.82) is 0 Å². The van der Waals surface area contributed by atoms with Gasteiger partial charge in [0.1, 0.15) is 11.9 Å². The van der Waals surface area contributed by atoms with Gasteiger partial charge in [-0.25, -0.2) is 22.2 Å². The first kappa shape index (κ1) is 22.4. The minimum Gasteiger partial charge on any atom is -0.350 e. The fraction of sp³-hybridized carbons (Fsp3) is 0.238. The number of nitrogens with zero attached hydrogens (tertiary/aromatic N) is 3. The van der Waals surface area contributed by atoms with Gasteiger partial charge in [-0.3, -0.25) is 9.10 Å². The number of sulfonamides is 1. The van der Waals surface area contributed by atoms with E-state index >= 15 is 0 Å². The first-order valence-electron chi connectivity index (χ1n) is 9.40. The largest absolute Gasteiger partial charge is 0.350 e. The average Bonchev–Trinajstić information content (AvgIpc) is 3.13. The number of amides is 1. The molecule has 0 unspecified atom stereocenters. The Labute approximate surface area is 179 Å². The van der Waals surface area contributed by atoms with Gasteiger partial charge in [0.05, 0.1) is 17.6 Å². The zero-order valence-electron chi connectivity index (χ0n) is 17.2. The van der Waals surface area contributed by atoms with Gasteiger partial charge >= 0.3 is 0 Å². The maximum atomic E-state index is 13.7. The number of anilines is 1. The van der Waals surface area contributed by atoms with Crippen LogP contribution in [0.15, 0.2) is 54.9 Å². The summed E-state index contributed by atoms with van der Waals surface area (Å²) in [6, 6.07) is 8.88. The van der Waals surface area contributed by atoms with Crippen LogP contribution >= 0.6 is 0 Å². The van der Waals surface area contributed by atoms with Crippen molar-refractivity contribution in [1.82, 2.24) is 14.9 Å². The van der Waals surface area contributed by atoms with Crippen molar-refractivity contribution in [2.45, 2.75) is 26.4 Å². The topological polar surface area (TPSA) is 84.3 Å². The first-order chi connectivity index (χ1) is 14.6. The van der Waals surface area contributed by atoms with E-state index in [2.05, 4.69) is 10.3 Å². The molecule has 1 amide bonds. The molecule has 164 valence electrons. The molecule has 3 rings (SSSR count). The second kappa shape index (κ2) is 8.84. The van der Waals surface area contributed by atoms with E-state index < -0.39 is 33.6 Å². The van der Waals surface area contributed by atoms with Gasteiger partial charge in [-0.15, -0.1) is 0 Å². The average molecular weight is 448 g/mol. The van der Waals surface area contributed by atoms with Gasteiger partial charge in [0.15, 0.2) is 11.6 Å². The monoisotopic (exact) mass is 448 g/mol. The van der Waals surface area contributed by atoms with Crippen LogP contribution in [0, 0.1) is 18.6 Å². The molecule has 1 atom stereocenters. The Morgan fingerprint density at radius 1 is 1.19 bits per heavy atom. The van der Waals surface area contributed by atoms with Crippen molar-refractivity contribution < 1.29 is 22.0 Å². The molecule has 0 aliphatic heterocycles. The Morgan fingerprint density at radius 3 is 2.52 bits per heavy atom. The van der Waals surface area contributed by atoms with E-state index in [0.717, 1.165) is 45.8 Å². The maximum Gasteiger partial charge on any atom is 0.243 e. The number of aryl methyl sites for hydroxylation is 1. The molecular formula is C21H22F2N4O3S. The molecule has 0 saturated heterocycles. The summed E-state index contributed by atoms with van der Waals surface area (Å²) in [6.45, 7) is 3.36. The number of imidazole rings is 1. The zero-order chi connectivity index (χ0) is 22.8. The summed E-state index contributed by atoms with van der Waals surface area (Å²) >= 11 is 0. The van der Waals surface area contributed by atoms with E-state index in [-0.39, 0.29) is 12.2 Å². The molecule has 0 fully saturated rings. The molecule has 0 radical (unpaired) electrons. The van der Waals surface area contributed by atoms with Gasteiger partial charge < -0.3 is 9.88 Å². The van der Waals surface area contributed by atoms with Gasteiger partial charge in [-0.1, -0.05) is 18.2 Å². The van der Waals surface area contributed by atoms with Crippen LogP contribution < -0.4 is 9.62 Å². The summed E-state index contributed by atoms with van der Waals surface area (Å²) in [6.07, 6.45) is 4.36. The van der Waals surface area contributed by atoms with Crippen LogP contribution in [0.25, 0.3) is 5.69 Å². The van der Waals surface area contributed by atoms with Crippen molar-refractivity contribution >= 4 is 21.6 Å². The van der Waals surface area contributed by atoms with Crippen molar-refractivity contribution in [3.05, 3.63) is 77.9 Å². The summed E-state index contributed by atoms with van der Waals surface area (Å²) in [7, 11) is -3.95. The number of aromatic nitrogens is 2. The Bertz CT molecular complexity index is 1210. The highest BCUT2D eigenvalue weighted by Gasteiger charge is 2.29.